The van der Waals surface area contributed by atoms with Crippen LogP contribution in [0.2, 0.25) is 0 Å². The molecule has 1 amide bonds. The van der Waals surface area contributed by atoms with Gasteiger partial charge in [-0.15, -0.1) is 11.3 Å². The van der Waals surface area contributed by atoms with E-state index in [4.69, 9.17) is 0 Å². The Kier molecular flexibility index (Phi) is 3.82. The highest BCUT2D eigenvalue weighted by Crippen LogP contribution is 2.28. The molecule has 1 aromatic heterocycles. The van der Waals surface area contributed by atoms with Crippen LogP contribution in [-0.4, -0.2) is 5.91 Å². The molecule has 18 heavy (non-hydrogen) atoms. The molecule has 0 bridgehead atoms. The van der Waals surface area contributed by atoms with Crippen molar-refractivity contribution in [3.8, 4) is 0 Å². The molecule has 0 saturated heterocycles. The van der Waals surface area contributed by atoms with Gasteiger partial charge in [-0.05, 0) is 65.2 Å². The number of aryl methyl sites for hydroxylation is 2. The molecule has 2 rings (SSSR count). The summed E-state index contributed by atoms with van der Waals surface area (Å²) in [6, 6.07) is 6.26. The van der Waals surface area contributed by atoms with E-state index in [0.29, 0.717) is 10.6 Å². The molecule has 0 atom stereocenters. The molecule has 1 heterocycles. The van der Waals surface area contributed by atoms with Crippen LogP contribution < -0.4 is 5.32 Å². The van der Waals surface area contributed by atoms with Crippen molar-refractivity contribution in [1.29, 1.82) is 0 Å². The lowest BCUT2D eigenvalue weighted by Gasteiger charge is -2.04. The van der Waals surface area contributed by atoms with Crippen LogP contribution >= 0.6 is 27.3 Å². The Hall–Kier alpha value is -1.20. The summed E-state index contributed by atoms with van der Waals surface area (Å²) in [6.45, 7) is 3.70. The predicted octanol–water partition coefficient (Wildman–Crippen LogP) is 4.52. The summed E-state index contributed by atoms with van der Waals surface area (Å²) < 4.78 is 14.1. The topological polar surface area (TPSA) is 29.1 Å². The van der Waals surface area contributed by atoms with Gasteiger partial charge in [0.1, 0.15) is 5.82 Å². The van der Waals surface area contributed by atoms with Crippen molar-refractivity contribution >= 4 is 38.9 Å². The van der Waals surface area contributed by atoms with Crippen molar-refractivity contribution < 1.29 is 9.18 Å². The number of nitrogens with one attached hydrogen (secondary N) is 1. The number of carbonyl (C=O) groups is 1. The minimum absolute atomic E-state index is 0.223. The van der Waals surface area contributed by atoms with E-state index in [1.54, 1.807) is 19.1 Å². The highest BCUT2D eigenvalue weighted by atomic mass is 79.9. The first-order valence-corrected chi connectivity index (χ1v) is 6.91. The number of thiophene rings is 1. The van der Waals surface area contributed by atoms with Crippen molar-refractivity contribution in [2.45, 2.75) is 13.8 Å². The monoisotopic (exact) mass is 327 g/mol. The molecule has 0 saturated carbocycles. The smallest absolute Gasteiger partial charge is 0.265 e. The van der Waals surface area contributed by atoms with E-state index >= 15 is 0 Å². The molecule has 1 N–H and O–H groups in total. The van der Waals surface area contributed by atoms with Crippen LogP contribution in [0.3, 0.4) is 0 Å². The molecule has 94 valence electrons. The number of halogens is 2. The lowest BCUT2D eigenvalue weighted by Crippen LogP contribution is -2.10. The number of hydrogen-bond donors (Lipinski definition) is 1. The molecular weight excluding hydrogens is 317 g/mol. The Morgan fingerprint density at radius 2 is 2.00 bits per heavy atom. The van der Waals surface area contributed by atoms with E-state index in [0.717, 1.165) is 14.9 Å². The maximum absolute atomic E-state index is 13.2. The second kappa shape index (κ2) is 5.20. The van der Waals surface area contributed by atoms with Gasteiger partial charge in [0.2, 0.25) is 0 Å². The Bertz CT molecular complexity index is 569. The van der Waals surface area contributed by atoms with Gasteiger partial charge in [0, 0.05) is 5.69 Å². The average Bonchev–Trinajstić information content (AvgIpc) is 2.57. The van der Waals surface area contributed by atoms with Crippen LogP contribution in [0.25, 0.3) is 0 Å². The molecule has 0 fully saturated rings. The van der Waals surface area contributed by atoms with Gasteiger partial charge in [-0.1, -0.05) is 0 Å². The summed E-state index contributed by atoms with van der Waals surface area (Å²) in [4.78, 5) is 12.6. The van der Waals surface area contributed by atoms with Gasteiger partial charge in [0.25, 0.3) is 5.91 Å². The van der Waals surface area contributed by atoms with E-state index in [1.165, 1.54) is 23.5 Å². The number of anilines is 1. The Labute approximate surface area is 117 Å². The van der Waals surface area contributed by atoms with Crippen LogP contribution in [-0.2, 0) is 0 Å². The van der Waals surface area contributed by atoms with Crippen molar-refractivity contribution in [2.75, 3.05) is 5.32 Å². The van der Waals surface area contributed by atoms with E-state index in [9.17, 15) is 9.18 Å². The SMILES string of the molecule is Cc1cc(F)cc(NC(=O)c2cc(C)c(Br)s2)c1. The zero-order chi connectivity index (χ0) is 13.3. The summed E-state index contributed by atoms with van der Waals surface area (Å²) in [6.07, 6.45) is 0. The van der Waals surface area contributed by atoms with Crippen LogP contribution in [0.1, 0.15) is 20.8 Å². The van der Waals surface area contributed by atoms with Crippen molar-refractivity contribution in [3.63, 3.8) is 0 Å². The Balaban J connectivity index is 2.21. The molecule has 0 unspecified atom stereocenters. The third-order valence-electron chi connectivity index (χ3n) is 2.38. The first-order valence-electron chi connectivity index (χ1n) is 5.30. The standard InChI is InChI=1S/C13H11BrFNOS/c1-7-3-9(15)6-10(4-7)16-13(17)11-5-8(2)12(14)18-11/h3-6H,1-2H3,(H,16,17). The van der Waals surface area contributed by atoms with Crippen molar-refractivity contribution in [2.24, 2.45) is 0 Å². The minimum Gasteiger partial charge on any atom is -0.321 e. The number of carbonyl (C=O) groups excluding carboxylic acids is 1. The van der Waals surface area contributed by atoms with Crippen LogP contribution in [0.4, 0.5) is 10.1 Å². The zero-order valence-corrected chi connectivity index (χ0v) is 12.3. The molecule has 0 aliphatic carbocycles. The molecule has 0 spiro atoms. The predicted molar refractivity (Wildman–Crippen MR) is 75.8 cm³/mol. The number of rotatable bonds is 2. The highest BCUT2D eigenvalue weighted by molar-refractivity contribution is 9.11. The summed E-state index contributed by atoms with van der Waals surface area (Å²) in [5.74, 6) is -0.576. The maximum atomic E-state index is 13.2. The maximum Gasteiger partial charge on any atom is 0.265 e. The third-order valence-corrected chi connectivity index (χ3v) is 4.52. The molecule has 0 radical (unpaired) electrons. The van der Waals surface area contributed by atoms with E-state index in [1.807, 2.05) is 6.92 Å². The lowest BCUT2D eigenvalue weighted by molar-refractivity contribution is 0.103. The molecular formula is C13H11BrFNOS. The molecule has 2 aromatic rings. The third kappa shape index (κ3) is 2.97. The fourth-order valence-electron chi connectivity index (χ4n) is 1.57. The van der Waals surface area contributed by atoms with Gasteiger partial charge >= 0.3 is 0 Å². The van der Waals surface area contributed by atoms with E-state index in [-0.39, 0.29) is 11.7 Å². The van der Waals surface area contributed by atoms with Crippen LogP contribution in [0.5, 0.6) is 0 Å². The second-order valence-corrected chi connectivity index (χ2v) is 6.41. The van der Waals surface area contributed by atoms with Gasteiger partial charge < -0.3 is 5.32 Å². The molecule has 1 aromatic carbocycles. The largest absolute Gasteiger partial charge is 0.321 e. The quantitative estimate of drug-likeness (QED) is 0.863. The first-order chi connectivity index (χ1) is 8.45. The summed E-state index contributed by atoms with van der Waals surface area (Å²) in [5, 5.41) is 2.69. The summed E-state index contributed by atoms with van der Waals surface area (Å²) >= 11 is 4.73. The number of benzene rings is 1. The molecule has 5 heteroatoms. The van der Waals surface area contributed by atoms with Gasteiger partial charge in [-0.2, -0.15) is 0 Å². The fraction of sp³-hybridized carbons (Fsp3) is 0.154. The molecule has 2 nitrogen and oxygen atoms in total. The average molecular weight is 328 g/mol. The highest BCUT2D eigenvalue weighted by Gasteiger charge is 2.11. The first kappa shape index (κ1) is 13.2. The summed E-state index contributed by atoms with van der Waals surface area (Å²) in [7, 11) is 0. The number of hydrogen-bond acceptors (Lipinski definition) is 2. The van der Waals surface area contributed by atoms with Gasteiger partial charge in [0.05, 0.1) is 8.66 Å². The van der Waals surface area contributed by atoms with Crippen molar-refractivity contribution in [3.05, 3.63) is 49.9 Å². The van der Waals surface area contributed by atoms with Gasteiger partial charge in [-0.25, -0.2) is 4.39 Å². The minimum atomic E-state index is -0.353. The number of amides is 1. The van der Waals surface area contributed by atoms with E-state index in [2.05, 4.69) is 21.2 Å². The second-order valence-electron chi connectivity index (χ2n) is 4.04. The molecule has 0 aliphatic heterocycles. The summed E-state index contributed by atoms with van der Waals surface area (Å²) in [5.41, 5.74) is 2.26. The Morgan fingerprint density at radius 3 is 2.56 bits per heavy atom. The molecule has 0 aliphatic rings. The van der Waals surface area contributed by atoms with Gasteiger partial charge in [0.15, 0.2) is 0 Å². The van der Waals surface area contributed by atoms with Crippen molar-refractivity contribution in [1.82, 2.24) is 0 Å². The van der Waals surface area contributed by atoms with Crippen LogP contribution in [0, 0.1) is 19.7 Å². The van der Waals surface area contributed by atoms with Gasteiger partial charge in [-0.3, -0.25) is 4.79 Å². The Morgan fingerprint density at radius 1 is 1.28 bits per heavy atom. The van der Waals surface area contributed by atoms with Crippen LogP contribution in [0.15, 0.2) is 28.1 Å². The fourth-order valence-corrected chi connectivity index (χ4v) is 3.00. The van der Waals surface area contributed by atoms with E-state index < -0.39 is 0 Å². The zero-order valence-electron chi connectivity index (χ0n) is 9.88. The lowest BCUT2D eigenvalue weighted by atomic mass is 10.2. The normalized spacial score (nSPS) is 10.4.